The number of nitrogens with zero attached hydrogens (tertiary/aromatic N) is 1. The highest BCUT2D eigenvalue weighted by molar-refractivity contribution is 5.80. The van der Waals surface area contributed by atoms with Gasteiger partial charge in [0.15, 0.2) is 0 Å². The molecule has 3 aliphatic rings. The zero-order chi connectivity index (χ0) is 16.5. The maximum atomic E-state index is 13.3. The molecule has 0 radical (unpaired) electrons. The van der Waals surface area contributed by atoms with Crippen molar-refractivity contribution in [2.75, 3.05) is 26.2 Å². The lowest BCUT2D eigenvalue weighted by Gasteiger charge is -2.35. The number of hydrogen-bond acceptors (Lipinski definition) is 3. The third-order valence-electron chi connectivity index (χ3n) is 5.60. The monoisotopic (exact) mass is 332 g/mol. The van der Waals surface area contributed by atoms with Gasteiger partial charge in [-0.05, 0) is 49.4 Å². The van der Waals surface area contributed by atoms with E-state index in [9.17, 15) is 9.18 Å². The molecule has 4 rings (SSSR count). The lowest BCUT2D eigenvalue weighted by Crippen LogP contribution is -2.43. The zero-order valence-electron chi connectivity index (χ0n) is 13.9. The molecule has 1 aliphatic carbocycles. The summed E-state index contributed by atoms with van der Waals surface area (Å²) in [4.78, 5) is 14.2. The number of hydrogen-bond donors (Lipinski definition) is 1. The Labute approximate surface area is 142 Å². The Bertz CT molecular complexity index is 605. The average molecular weight is 332 g/mol. The van der Waals surface area contributed by atoms with Crippen LogP contribution in [0.2, 0.25) is 0 Å². The molecular formula is C19H25FN2O2. The number of carbonyl (C=O) groups is 1. The van der Waals surface area contributed by atoms with Crippen molar-refractivity contribution in [3.05, 3.63) is 35.6 Å². The van der Waals surface area contributed by atoms with E-state index in [0.29, 0.717) is 18.4 Å². The molecule has 5 heteroatoms. The van der Waals surface area contributed by atoms with E-state index in [1.807, 2.05) is 6.07 Å². The summed E-state index contributed by atoms with van der Waals surface area (Å²) in [7, 11) is 0. The van der Waals surface area contributed by atoms with Gasteiger partial charge in [0.25, 0.3) is 0 Å². The van der Waals surface area contributed by atoms with Crippen LogP contribution in [0.15, 0.2) is 24.3 Å². The Kier molecular flexibility index (Phi) is 4.55. The highest BCUT2D eigenvalue weighted by atomic mass is 19.1. The van der Waals surface area contributed by atoms with Crippen LogP contribution >= 0.6 is 0 Å². The van der Waals surface area contributed by atoms with Crippen LogP contribution in [0.1, 0.15) is 24.8 Å². The number of likely N-dealkylation sites (tertiary alicyclic amines) is 1. The van der Waals surface area contributed by atoms with Crippen molar-refractivity contribution in [3.8, 4) is 0 Å². The van der Waals surface area contributed by atoms with E-state index in [1.54, 1.807) is 12.1 Å². The number of amides is 1. The molecule has 0 unspecified atom stereocenters. The third kappa shape index (κ3) is 3.62. The van der Waals surface area contributed by atoms with E-state index >= 15 is 0 Å². The highest BCUT2D eigenvalue weighted by Gasteiger charge is 2.41. The van der Waals surface area contributed by atoms with Gasteiger partial charge >= 0.3 is 0 Å². The Morgan fingerprint density at radius 2 is 2.21 bits per heavy atom. The summed E-state index contributed by atoms with van der Waals surface area (Å²) in [5, 5.41) is 3.06. The summed E-state index contributed by atoms with van der Waals surface area (Å²) >= 11 is 0. The summed E-state index contributed by atoms with van der Waals surface area (Å²) < 4.78 is 19.3. The van der Waals surface area contributed by atoms with Crippen LogP contribution in [0.4, 0.5) is 4.39 Å². The number of nitrogens with one attached hydrogen (secondary N) is 1. The van der Waals surface area contributed by atoms with E-state index in [2.05, 4.69) is 10.2 Å². The number of carbonyl (C=O) groups excluding carboxylic acids is 1. The molecule has 2 saturated heterocycles. The Morgan fingerprint density at radius 3 is 3.00 bits per heavy atom. The van der Waals surface area contributed by atoms with Gasteiger partial charge in [-0.15, -0.1) is 0 Å². The first-order chi connectivity index (χ1) is 11.7. The number of fused-ring (bicyclic) bond motifs is 1. The van der Waals surface area contributed by atoms with Gasteiger partial charge in [-0.25, -0.2) is 4.39 Å². The summed E-state index contributed by atoms with van der Waals surface area (Å²) in [6.45, 7) is 4.22. The quantitative estimate of drug-likeness (QED) is 0.899. The van der Waals surface area contributed by atoms with Crippen molar-refractivity contribution in [2.45, 2.75) is 31.9 Å². The molecule has 24 heavy (non-hydrogen) atoms. The van der Waals surface area contributed by atoms with Crippen LogP contribution < -0.4 is 5.32 Å². The van der Waals surface area contributed by atoms with E-state index in [1.165, 1.54) is 6.07 Å². The lowest BCUT2D eigenvalue weighted by molar-refractivity contribution is -0.122. The van der Waals surface area contributed by atoms with Gasteiger partial charge in [0.1, 0.15) is 5.82 Å². The molecule has 1 aromatic carbocycles. The fraction of sp³-hybridized carbons (Fsp3) is 0.632. The van der Waals surface area contributed by atoms with E-state index in [-0.39, 0.29) is 23.7 Å². The minimum atomic E-state index is -0.168. The average Bonchev–Trinajstić information content (AvgIpc) is 3.34. The Morgan fingerprint density at radius 1 is 1.33 bits per heavy atom. The van der Waals surface area contributed by atoms with Crippen molar-refractivity contribution in [1.82, 2.24) is 10.2 Å². The molecule has 0 spiro atoms. The van der Waals surface area contributed by atoms with Crippen LogP contribution in [0.5, 0.6) is 0 Å². The van der Waals surface area contributed by atoms with Crippen molar-refractivity contribution >= 4 is 5.91 Å². The molecule has 4 nitrogen and oxygen atoms in total. The number of halogens is 1. The summed E-state index contributed by atoms with van der Waals surface area (Å²) in [5.41, 5.74) is 1.03. The van der Waals surface area contributed by atoms with Crippen molar-refractivity contribution < 1.29 is 13.9 Å². The standard InChI is InChI=1S/C19H25FN2O2/c20-16-3-1-2-13(8-16)10-22-7-6-17-15(11-22)12-24-18(17)9-21-19(23)14-4-5-14/h1-3,8,14-15,17-18H,4-7,9-12H2,(H,21,23)/t15-,17-,18+/m1/s1. The van der Waals surface area contributed by atoms with Crippen molar-refractivity contribution in [2.24, 2.45) is 17.8 Å². The number of ether oxygens (including phenoxy) is 1. The molecule has 2 aliphatic heterocycles. The van der Waals surface area contributed by atoms with Crippen molar-refractivity contribution in [3.63, 3.8) is 0 Å². The fourth-order valence-electron chi connectivity index (χ4n) is 4.10. The summed E-state index contributed by atoms with van der Waals surface area (Å²) in [6, 6.07) is 6.86. The number of benzene rings is 1. The first kappa shape index (κ1) is 16.0. The van der Waals surface area contributed by atoms with Gasteiger partial charge in [0.05, 0.1) is 12.7 Å². The lowest BCUT2D eigenvalue weighted by atomic mass is 9.84. The van der Waals surface area contributed by atoms with Gasteiger partial charge in [-0.2, -0.15) is 0 Å². The SMILES string of the molecule is O=C(NC[C@@H]1OC[C@H]2CN(Cc3cccc(F)c3)CC[C@H]21)C1CC1. The summed E-state index contributed by atoms with van der Waals surface area (Å²) in [5.74, 6) is 1.35. The minimum absolute atomic E-state index is 0.161. The molecule has 1 saturated carbocycles. The predicted octanol–water partition coefficient (Wildman–Crippen LogP) is 2.19. The Hall–Kier alpha value is -1.46. The molecule has 1 aromatic rings. The number of rotatable bonds is 5. The van der Waals surface area contributed by atoms with E-state index < -0.39 is 0 Å². The molecule has 2 heterocycles. The van der Waals surface area contributed by atoms with Crippen molar-refractivity contribution in [1.29, 1.82) is 0 Å². The topological polar surface area (TPSA) is 41.6 Å². The first-order valence-corrected chi connectivity index (χ1v) is 9.05. The largest absolute Gasteiger partial charge is 0.376 e. The second-order valence-electron chi connectivity index (χ2n) is 7.47. The summed E-state index contributed by atoms with van der Waals surface area (Å²) in [6.07, 6.45) is 3.33. The smallest absolute Gasteiger partial charge is 0.223 e. The fourth-order valence-corrected chi connectivity index (χ4v) is 4.10. The first-order valence-electron chi connectivity index (χ1n) is 9.05. The van der Waals surface area contributed by atoms with Gasteiger partial charge in [-0.3, -0.25) is 9.69 Å². The van der Waals surface area contributed by atoms with E-state index in [4.69, 9.17) is 4.74 Å². The maximum absolute atomic E-state index is 13.3. The molecule has 1 N–H and O–H groups in total. The van der Waals surface area contributed by atoms with Gasteiger partial charge in [-0.1, -0.05) is 12.1 Å². The zero-order valence-corrected chi connectivity index (χ0v) is 13.9. The molecule has 0 bridgehead atoms. The second-order valence-corrected chi connectivity index (χ2v) is 7.47. The van der Waals surface area contributed by atoms with Crippen LogP contribution in [0.3, 0.4) is 0 Å². The molecule has 3 atom stereocenters. The minimum Gasteiger partial charge on any atom is -0.376 e. The van der Waals surface area contributed by atoms with Crippen LogP contribution in [-0.4, -0.2) is 43.2 Å². The maximum Gasteiger partial charge on any atom is 0.223 e. The van der Waals surface area contributed by atoms with E-state index in [0.717, 1.165) is 51.1 Å². The van der Waals surface area contributed by atoms with Crippen LogP contribution in [0, 0.1) is 23.6 Å². The second kappa shape index (κ2) is 6.81. The van der Waals surface area contributed by atoms with Gasteiger partial charge < -0.3 is 10.1 Å². The molecule has 3 fully saturated rings. The molecular weight excluding hydrogens is 307 g/mol. The van der Waals surface area contributed by atoms with Gasteiger partial charge in [0, 0.05) is 31.5 Å². The van der Waals surface area contributed by atoms with Crippen LogP contribution in [-0.2, 0) is 16.1 Å². The van der Waals surface area contributed by atoms with Crippen LogP contribution in [0.25, 0.3) is 0 Å². The number of piperidine rings is 1. The molecule has 0 aromatic heterocycles. The molecule has 1 amide bonds. The predicted molar refractivity (Wildman–Crippen MR) is 88.7 cm³/mol. The van der Waals surface area contributed by atoms with Gasteiger partial charge in [0.2, 0.25) is 5.91 Å². The third-order valence-corrected chi connectivity index (χ3v) is 5.60. The molecule has 130 valence electrons. The Balaban J connectivity index is 1.28. The normalized spacial score (nSPS) is 30.1. The highest BCUT2D eigenvalue weighted by Crippen LogP contribution is 2.35.